The zero-order valence-corrected chi connectivity index (χ0v) is 12.7. The molecule has 0 saturated carbocycles. The van der Waals surface area contributed by atoms with Crippen LogP contribution in [0.1, 0.15) is 37.0 Å². The molecule has 0 aromatic heterocycles. The molecule has 0 N–H and O–H groups in total. The average Bonchev–Trinajstić information content (AvgIpc) is 2.68. The van der Waals surface area contributed by atoms with Gasteiger partial charge in [0.05, 0.1) is 17.6 Å². The Morgan fingerprint density at radius 1 is 1.30 bits per heavy atom. The molecule has 1 saturated heterocycles. The lowest BCUT2D eigenvalue weighted by atomic mass is 9.98. The number of carbonyl (C=O) groups is 1. The zero-order chi connectivity index (χ0) is 14.8. The molecule has 5 heteroatoms. The van der Waals surface area contributed by atoms with Crippen molar-refractivity contribution < 1.29 is 17.9 Å². The predicted molar refractivity (Wildman–Crippen MR) is 77.9 cm³/mol. The second-order valence-electron chi connectivity index (χ2n) is 5.59. The molecule has 1 aromatic carbocycles. The van der Waals surface area contributed by atoms with E-state index in [1.54, 1.807) is 24.3 Å². The van der Waals surface area contributed by atoms with Gasteiger partial charge in [0.15, 0.2) is 15.6 Å². The minimum Gasteiger partial charge on any atom is -0.491 e. The summed E-state index contributed by atoms with van der Waals surface area (Å²) in [6, 6.07) is 7.03. The molecule has 1 aliphatic rings. The van der Waals surface area contributed by atoms with E-state index in [-0.39, 0.29) is 29.3 Å². The molecule has 1 unspecified atom stereocenters. The SMILES string of the molecule is CC(C)Oc1ccc(C(=O)CC2CCS(=O)(=O)C2)cc1. The summed E-state index contributed by atoms with van der Waals surface area (Å²) in [5, 5.41) is 0. The second-order valence-corrected chi connectivity index (χ2v) is 7.82. The first-order valence-corrected chi connectivity index (χ1v) is 8.68. The number of hydrogen-bond donors (Lipinski definition) is 0. The maximum absolute atomic E-state index is 12.1. The number of benzene rings is 1. The summed E-state index contributed by atoms with van der Waals surface area (Å²) >= 11 is 0. The summed E-state index contributed by atoms with van der Waals surface area (Å²) < 4.78 is 28.3. The standard InChI is InChI=1S/C15H20O4S/c1-11(2)19-14-5-3-13(4-6-14)15(16)9-12-7-8-20(17,18)10-12/h3-6,11-12H,7-10H2,1-2H3. The van der Waals surface area contributed by atoms with Crippen molar-refractivity contribution in [2.24, 2.45) is 5.92 Å². The van der Waals surface area contributed by atoms with Gasteiger partial charge in [-0.2, -0.15) is 0 Å². The largest absolute Gasteiger partial charge is 0.491 e. The Balaban J connectivity index is 1.96. The highest BCUT2D eigenvalue weighted by molar-refractivity contribution is 7.91. The van der Waals surface area contributed by atoms with Crippen LogP contribution in [0.2, 0.25) is 0 Å². The van der Waals surface area contributed by atoms with Gasteiger partial charge in [0, 0.05) is 12.0 Å². The quantitative estimate of drug-likeness (QED) is 0.783. The second kappa shape index (κ2) is 5.95. The highest BCUT2D eigenvalue weighted by Crippen LogP contribution is 2.24. The van der Waals surface area contributed by atoms with E-state index in [1.807, 2.05) is 13.8 Å². The fraction of sp³-hybridized carbons (Fsp3) is 0.533. The Morgan fingerprint density at radius 3 is 2.45 bits per heavy atom. The Labute approximate surface area is 120 Å². The summed E-state index contributed by atoms with van der Waals surface area (Å²) in [4.78, 5) is 12.1. The molecule has 0 radical (unpaired) electrons. The Hall–Kier alpha value is -1.36. The third kappa shape index (κ3) is 4.07. The topological polar surface area (TPSA) is 60.4 Å². The molecular weight excluding hydrogens is 276 g/mol. The molecule has 0 bridgehead atoms. The third-order valence-electron chi connectivity index (χ3n) is 3.35. The lowest BCUT2D eigenvalue weighted by Gasteiger charge is -2.10. The smallest absolute Gasteiger partial charge is 0.163 e. The van der Waals surface area contributed by atoms with Crippen LogP contribution in [0, 0.1) is 5.92 Å². The monoisotopic (exact) mass is 296 g/mol. The van der Waals surface area contributed by atoms with Crippen LogP contribution in [0.5, 0.6) is 5.75 Å². The first-order chi connectivity index (χ1) is 9.35. The summed E-state index contributed by atoms with van der Waals surface area (Å²) in [5.41, 5.74) is 0.616. The van der Waals surface area contributed by atoms with E-state index in [4.69, 9.17) is 4.74 Å². The number of sulfone groups is 1. The molecule has 1 aromatic rings. The van der Waals surface area contributed by atoms with E-state index >= 15 is 0 Å². The molecule has 0 spiro atoms. The van der Waals surface area contributed by atoms with Crippen molar-refractivity contribution in [3.63, 3.8) is 0 Å². The van der Waals surface area contributed by atoms with Gasteiger partial charge in [-0.25, -0.2) is 8.42 Å². The molecule has 1 fully saturated rings. The Morgan fingerprint density at radius 2 is 1.95 bits per heavy atom. The molecule has 1 atom stereocenters. The van der Waals surface area contributed by atoms with E-state index in [0.29, 0.717) is 18.4 Å². The van der Waals surface area contributed by atoms with Crippen molar-refractivity contribution in [2.45, 2.75) is 32.8 Å². The number of Topliss-reactive ketones (excluding diaryl/α,β-unsaturated/α-hetero) is 1. The van der Waals surface area contributed by atoms with Crippen LogP contribution in [-0.2, 0) is 9.84 Å². The highest BCUT2D eigenvalue weighted by atomic mass is 32.2. The van der Waals surface area contributed by atoms with Gasteiger partial charge in [0.2, 0.25) is 0 Å². The van der Waals surface area contributed by atoms with E-state index in [2.05, 4.69) is 0 Å². The van der Waals surface area contributed by atoms with Crippen LogP contribution >= 0.6 is 0 Å². The normalized spacial score (nSPS) is 21.1. The minimum absolute atomic E-state index is 0.00296. The van der Waals surface area contributed by atoms with Crippen LogP contribution in [0.4, 0.5) is 0 Å². The lowest BCUT2D eigenvalue weighted by Crippen LogP contribution is -2.11. The van der Waals surface area contributed by atoms with Crippen molar-refractivity contribution >= 4 is 15.6 Å². The zero-order valence-electron chi connectivity index (χ0n) is 11.8. The number of carbonyl (C=O) groups excluding carboxylic acids is 1. The fourth-order valence-corrected chi connectivity index (χ4v) is 4.27. The van der Waals surface area contributed by atoms with Crippen molar-refractivity contribution in [1.29, 1.82) is 0 Å². The van der Waals surface area contributed by atoms with Gasteiger partial charge in [-0.1, -0.05) is 0 Å². The van der Waals surface area contributed by atoms with Crippen LogP contribution in [0.15, 0.2) is 24.3 Å². The fourth-order valence-electron chi connectivity index (χ4n) is 2.40. The van der Waals surface area contributed by atoms with Gasteiger partial charge in [0.25, 0.3) is 0 Å². The predicted octanol–water partition coefficient (Wildman–Crippen LogP) is 2.48. The van der Waals surface area contributed by atoms with Gasteiger partial charge in [0.1, 0.15) is 5.75 Å². The maximum atomic E-state index is 12.1. The van der Waals surface area contributed by atoms with Crippen LogP contribution in [-0.4, -0.2) is 31.8 Å². The highest BCUT2D eigenvalue weighted by Gasteiger charge is 2.29. The van der Waals surface area contributed by atoms with E-state index in [0.717, 1.165) is 5.75 Å². The Kier molecular flexibility index (Phi) is 4.48. The van der Waals surface area contributed by atoms with E-state index < -0.39 is 9.84 Å². The molecule has 0 aliphatic carbocycles. The van der Waals surface area contributed by atoms with Crippen LogP contribution < -0.4 is 4.74 Å². The third-order valence-corrected chi connectivity index (χ3v) is 5.19. The average molecular weight is 296 g/mol. The molecule has 4 nitrogen and oxygen atoms in total. The van der Waals surface area contributed by atoms with Gasteiger partial charge >= 0.3 is 0 Å². The van der Waals surface area contributed by atoms with Gasteiger partial charge in [-0.3, -0.25) is 4.79 Å². The summed E-state index contributed by atoms with van der Waals surface area (Å²) in [5.74, 6) is 1.07. The molecule has 1 aliphatic heterocycles. The maximum Gasteiger partial charge on any atom is 0.163 e. The van der Waals surface area contributed by atoms with E-state index in [1.165, 1.54) is 0 Å². The number of ketones is 1. The lowest BCUT2D eigenvalue weighted by molar-refractivity contribution is 0.0965. The van der Waals surface area contributed by atoms with Gasteiger partial charge in [-0.05, 0) is 50.5 Å². The van der Waals surface area contributed by atoms with Crippen LogP contribution in [0.3, 0.4) is 0 Å². The van der Waals surface area contributed by atoms with Crippen molar-refractivity contribution in [2.75, 3.05) is 11.5 Å². The number of hydrogen-bond acceptors (Lipinski definition) is 4. The van der Waals surface area contributed by atoms with Crippen molar-refractivity contribution in [1.82, 2.24) is 0 Å². The molecule has 1 heterocycles. The molecule has 2 rings (SSSR count). The number of rotatable bonds is 5. The molecule has 110 valence electrons. The van der Waals surface area contributed by atoms with Gasteiger partial charge in [-0.15, -0.1) is 0 Å². The molecule has 0 amide bonds. The number of ether oxygens (including phenoxy) is 1. The first-order valence-electron chi connectivity index (χ1n) is 6.86. The molecular formula is C15H20O4S. The van der Waals surface area contributed by atoms with Crippen molar-refractivity contribution in [3.8, 4) is 5.75 Å². The first kappa shape index (κ1) is 15.0. The summed E-state index contributed by atoms with van der Waals surface area (Å²) in [6.07, 6.45) is 1.01. The van der Waals surface area contributed by atoms with Gasteiger partial charge < -0.3 is 4.74 Å². The Bertz CT molecular complexity index is 572. The molecule has 20 heavy (non-hydrogen) atoms. The minimum atomic E-state index is -2.92. The summed E-state index contributed by atoms with van der Waals surface area (Å²) in [6.45, 7) is 3.89. The van der Waals surface area contributed by atoms with Crippen molar-refractivity contribution in [3.05, 3.63) is 29.8 Å². The summed E-state index contributed by atoms with van der Waals surface area (Å²) in [7, 11) is -2.92. The van der Waals surface area contributed by atoms with E-state index in [9.17, 15) is 13.2 Å². The van der Waals surface area contributed by atoms with Crippen LogP contribution in [0.25, 0.3) is 0 Å².